The van der Waals surface area contributed by atoms with Gasteiger partial charge in [0.25, 0.3) is 0 Å². The summed E-state index contributed by atoms with van der Waals surface area (Å²) >= 11 is 1.97. The Morgan fingerprint density at radius 3 is 2.86 bits per heavy atom. The second-order valence-corrected chi connectivity index (χ2v) is 4.49. The molecule has 1 aliphatic rings. The first kappa shape index (κ1) is 9.66. The van der Waals surface area contributed by atoms with Crippen LogP contribution in [0.25, 0.3) is 4.91 Å². The fraction of sp³-hybridized carbons (Fsp3) is 0.333. The van der Waals surface area contributed by atoms with Crippen molar-refractivity contribution in [3.8, 4) is 0 Å². The van der Waals surface area contributed by atoms with Gasteiger partial charge in [-0.3, -0.25) is 0 Å². The van der Waals surface area contributed by atoms with Crippen LogP contribution in [-0.2, 0) is 0 Å². The Morgan fingerprint density at radius 2 is 2.14 bits per heavy atom. The molecule has 0 radical (unpaired) electrons. The van der Waals surface area contributed by atoms with Crippen molar-refractivity contribution in [1.29, 1.82) is 0 Å². The normalized spacial score (nSPS) is 16.2. The van der Waals surface area contributed by atoms with Gasteiger partial charge in [0.05, 0.1) is 0 Å². The van der Waals surface area contributed by atoms with E-state index in [1.807, 2.05) is 18.8 Å². The van der Waals surface area contributed by atoms with Crippen molar-refractivity contribution in [2.45, 2.75) is 12.8 Å². The zero-order valence-corrected chi connectivity index (χ0v) is 9.23. The molecule has 2 heteroatoms. The summed E-state index contributed by atoms with van der Waals surface area (Å²) in [4.78, 5) is 1.43. The minimum Gasteiger partial charge on any atom is -0.388 e. The number of hydrogen-bond acceptors (Lipinski definition) is 2. The minimum atomic E-state index is 1.22. The van der Waals surface area contributed by atoms with Crippen LogP contribution in [0.15, 0.2) is 30.3 Å². The molecule has 0 aliphatic carbocycles. The summed E-state index contributed by atoms with van der Waals surface area (Å²) < 4.78 is 0. The van der Waals surface area contributed by atoms with Gasteiger partial charge in [0.15, 0.2) is 0 Å². The van der Waals surface area contributed by atoms with E-state index in [4.69, 9.17) is 0 Å². The monoisotopic (exact) mass is 205 g/mol. The largest absolute Gasteiger partial charge is 0.388 e. The number of anilines is 1. The topological polar surface area (TPSA) is 12.0 Å². The van der Waals surface area contributed by atoms with Crippen LogP contribution in [0.4, 0.5) is 5.69 Å². The van der Waals surface area contributed by atoms with Crippen LogP contribution in [-0.4, -0.2) is 12.8 Å². The van der Waals surface area contributed by atoms with E-state index in [0.717, 1.165) is 0 Å². The Bertz CT molecular complexity index is 344. The van der Waals surface area contributed by atoms with Crippen LogP contribution in [0.2, 0.25) is 0 Å². The third kappa shape index (κ3) is 1.95. The Labute approximate surface area is 89.6 Å². The molecule has 0 fully saturated rings. The number of nitrogens with one attached hydrogen (secondary N) is 1. The summed E-state index contributed by atoms with van der Waals surface area (Å²) in [7, 11) is 1.98. The molecular weight excluding hydrogens is 190 g/mol. The first-order chi connectivity index (χ1) is 6.92. The number of benzene rings is 1. The van der Waals surface area contributed by atoms with Crippen LogP contribution in [0.3, 0.4) is 0 Å². The van der Waals surface area contributed by atoms with Gasteiger partial charge in [0.1, 0.15) is 0 Å². The van der Waals surface area contributed by atoms with Crippen LogP contribution in [0.5, 0.6) is 0 Å². The molecule has 14 heavy (non-hydrogen) atoms. The number of rotatable bonds is 2. The van der Waals surface area contributed by atoms with Crippen molar-refractivity contribution < 1.29 is 0 Å². The maximum Gasteiger partial charge on any atom is 0.0422 e. The molecule has 1 aromatic carbocycles. The Hall–Kier alpha value is -0.890. The van der Waals surface area contributed by atoms with Crippen molar-refractivity contribution in [2.24, 2.45) is 0 Å². The van der Waals surface area contributed by atoms with Gasteiger partial charge in [0, 0.05) is 23.2 Å². The molecule has 0 amide bonds. The van der Waals surface area contributed by atoms with Crippen molar-refractivity contribution in [1.82, 2.24) is 0 Å². The summed E-state index contributed by atoms with van der Waals surface area (Å²) in [6.45, 7) is 0. The zero-order chi connectivity index (χ0) is 9.80. The molecule has 0 aromatic heterocycles. The average molecular weight is 205 g/mol. The molecule has 0 saturated carbocycles. The first-order valence-corrected chi connectivity index (χ1v) is 6.00. The van der Waals surface area contributed by atoms with E-state index < -0.39 is 0 Å². The molecular formula is C12H15NS. The highest BCUT2D eigenvalue weighted by atomic mass is 32.2. The van der Waals surface area contributed by atoms with Gasteiger partial charge in [-0.1, -0.05) is 24.3 Å². The lowest BCUT2D eigenvalue weighted by Crippen LogP contribution is -1.96. The molecule has 0 saturated heterocycles. The van der Waals surface area contributed by atoms with Gasteiger partial charge < -0.3 is 5.32 Å². The van der Waals surface area contributed by atoms with Gasteiger partial charge in [-0.05, 0) is 24.7 Å². The molecule has 2 rings (SSSR count). The molecule has 1 heterocycles. The minimum absolute atomic E-state index is 1.22. The summed E-state index contributed by atoms with van der Waals surface area (Å²) in [6, 6.07) is 8.50. The molecule has 1 nitrogen and oxygen atoms in total. The van der Waals surface area contributed by atoms with E-state index in [2.05, 4.69) is 35.7 Å². The van der Waals surface area contributed by atoms with Gasteiger partial charge in [-0.2, -0.15) is 0 Å². The quantitative estimate of drug-likeness (QED) is 0.791. The van der Waals surface area contributed by atoms with E-state index in [0.29, 0.717) is 0 Å². The summed E-state index contributed by atoms with van der Waals surface area (Å²) in [6.07, 6.45) is 4.89. The maximum atomic E-state index is 3.24. The molecule has 0 atom stereocenters. The molecule has 0 unspecified atom stereocenters. The van der Waals surface area contributed by atoms with Crippen molar-refractivity contribution >= 4 is 22.4 Å². The summed E-state index contributed by atoms with van der Waals surface area (Å²) in [5.74, 6) is 1.25. The Balaban J connectivity index is 2.34. The summed E-state index contributed by atoms with van der Waals surface area (Å²) in [5.41, 5.74) is 2.58. The standard InChI is InChI=1S/C12H15NS/c1-13-11-7-3-2-6-10(11)12-8-4-5-9-14-12/h2-3,6-8,13H,4-5,9H2,1H3. The van der Waals surface area contributed by atoms with E-state index >= 15 is 0 Å². The number of thioether (sulfide) groups is 1. The van der Waals surface area contributed by atoms with Crippen molar-refractivity contribution in [3.05, 3.63) is 35.9 Å². The maximum absolute atomic E-state index is 3.24. The molecule has 1 N–H and O–H groups in total. The molecule has 0 spiro atoms. The number of hydrogen-bond donors (Lipinski definition) is 1. The fourth-order valence-electron chi connectivity index (χ4n) is 1.66. The van der Waals surface area contributed by atoms with Gasteiger partial charge in [-0.15, -0.1) is 11.8 Å². The predicted molar refractivity (Wildman–Crippen MR) is 65.7 cm³/mol. The number of allylic oxidation sites excluding steroid dienone is 1. The van der Waals surface area contributed by atoms with Gasteiger partial charge >= 0.3 is 0 Å². The highest BCUT2D eigenvalue weighted by Crippen LogP contribution is 2.36. The summed E-state index contributed by atoms with van der Waals surface area (Å²) in [5, 5.41) is 3.24. The third-order valence-corrected chi connectivity index (χ3v) is 3.59. The number of para-hydroxylation sites is 1. The second kappa shape index (κ2) is 4.56. The SMILES string of the molecule is CNc1ccccc1C1=CCCCS1. The van der Waals surface area contributed by atoms with Crippen LogP contribution in [0, 0.1) is 0 Å². The molecule has 74 valence electrons. The van der Waals surface area contributed by atoms with Crippen molar-refractivity contribution in [2.75, 3.05) is 18.1 Å². The van der Waals surface area contributed by atoms with E-state index in [9.17, 15) is 0 Å². The van der Waals surface area contributed by atoms with Gasteiger partial charge in [-0.25, -0.2) is 0 Å². The molecule has 1 aromatic rings. The Morgan fingerprint density at radius 1 is 1.29 bits per heavy atom. The first-order valence-electron chi connectivity index (χ1n) is 5.02. The van der Waals surface area contributed by atoms with Crippen LogP contribution < -0.4 is 5.32 Å². The lowest BCUT2D eigenvalue weighted by atomic mass is 10.1. The van der Waals surface area contributed by atoms with E-state index in [1.165, 1.54) is 34.8 Å². The molecule has 0 bridgehead atoms. The van der Waals surface area contributed by atoms with Crippen LogP contribution in [0.1, 0.15) is 18.4 Å². The van der Waals surface area contributed by atoms with E-state index in [1.54, 1.807) is 0 Å². The highest BCUT2D eigenvalue weighted by molar-refractivity contribution is 8.08. The lowest BCUT2D eigenvalue weighted by Gasteiger charge is -2.15. The smallest absolute Gasteiger partial charge is 0.0422 e. The second-order valence-electron chi connectivity index (χ2n) is 3.35. The highest BCUT2D eigenvalue weighted by Gasteiger charge is 2.09. The fourth-order valence-corrected chi connectivity index (χ4v) is 2.76. The van der Waals surface area contributed by atoms with E-state index in [-0.39, 0.29) is 0 Å². The van der Waals surface area contributed by atoms with Crippen LogP contribution >= 0.6 is 11.8 Å². The molecule has 1 aliphatic heterocycles. The average Bonchev–Trinajstić information content (AvgIpc) is 2.30. The van der Waals surface area contributed by atoms with Crippen molar-refractivity contribution in [3.63, 3.8) is 0 Å². The Kier molecular flexibility index (Phi) is 3.14. The van der Waals surface area contributed by atoms with Gasteiger partial charge in [0.2, 0.25) is 0 Å². The third-order valence-electron chi connectivity index (χ3n) is 2.40. The lowest BCUT2D eigenvalue weighted by molar-refractivity contribution is 0.969. The predicted octanol–water partition coefficient (Wildman–Crippen LogP) is 3.60. The zero-order valence-electron chi connectivity index (χ0n) is 8.42.